The van der Waals surface area contributed by atoms with Gasteiger partial charge in [0.1, 0.15) is 0 Å². The molecular formula is C19H22O4. The van der Waals surface area contributed by atoms with E-state index in [1.807, 2.05) is 60.7 Å². The summed E-state index contributed by atoms with van der Waals surface area (Å²) in [5, 5.41) is 9.87. The SMILES string of the molecule is COC1(C)OOC(c2ccccc2)(c2ccccc2)CC1CO. The van der Waals surface area contributed by atoms with Crippen LogP contribution in [0.4, 0.5) is 0 Å². The molecule has 3 rings (SSSR count). The zero-order chi connectivity index (χ0) is 16.3. The van der Waals surface area contributed by atoms with Gasteiger partial charge in [0, 0.05) is 13.0 Å². The van der Waals surface area contributed by atoms with Gasteiger partial charge in [0.15, 0.2) is 5.60 Å². The first-order valence-corrected chi connectivity index (χ1v) is 7.78. The zero-order valence-electron chi connectivity index (χ0n) is 13.4. The van der Waals surface area contributed by atoms with Gasteiger partial charge in [-0.25, -0.2) is 4.89 Å². The number of aliphatic hydroxyl groups excluding tert-OH is 1. The molecular weight excluding hydrogens is 292 g/mol. The molecule has 1 heterocycles. The Hall–Kier alpha value is -1.72. The summed E-state index contributed by atoms with van der Waals surface area (Å²) in [4.78, 5) is 11.6. The molecule has 1 aliphatic rings. The molecule has 0 amide bonds. The van der Waals surface area contributed by atoms with Crippen molar-refractivity contribution >= 4 is 0 Å². The Bertz CT molecular complexity index is 589. The molecule has 0 aromatic heterocycles. The van der Waals surface area contributed by atoms with E-state index in [1.165, 1.54) is 0 Å². The lowest BCUT2D eigenvalue weighted by atomic mass is 9.76. The molecule has 0 bridgehead atoms. The normalized spacial score (nSPS) is 26.8. The average molecular weight is 314 g/mol. The molecule has 0 saturated carbocycles. The van der Waals surface area contributed by atoms with Gasteiger partial charge in [0.05, 0.1) is 6.61 Å². The molecule has 4 nitrogen and oxygen atoms in total. The van der Waals surface area contributed by atoms with E-state index in [-0.39, 0.29) is 12.5 Å². The predicted molar refractivity (Wildman–Crippen MR) is 86.4 cm³/mol. The topological polar surface area (TPSA) is 47.9 Å². The Kier molecular flexibility index (Phi) is 4.50. The first-order chi connectivity index (χ1) is 11.1. The Morgan fingerprint density at radius 2 is 1.52 bits per heavy atom. The van der Waals surface area contributed by atoms with Crippen molar-refractivity contribution < 1.29 is 19.6 Å². The molecule has 2 unspecified atom stereocenters. The van der Waals surface area contributed by atoms with Gasteiger partial charge >= 0.3 is 0 Å². The molecule has 0 spiro atoms. The maximum absolute atomic E-state index is 9.87. The van der Waals surface area contributed by atoms with Crippen LogP contribution in [0.25, 0.3) is 0 Å². The van der Waals surface area contributed by atoms with Crippen LogP contribution in [0.3, 0.4) is 0 Å². The van der Waals surface area contributed by atoms with Gasteiger partial charge in [-0.3, -0.25) is 0 Å². The summed E-state index contributed by atoms with van der Waals surface area (Å²) >= 11 is 0. The van der Waals surface area contributed by atoms with E-state index >= 15 is 0 Å². The molecule has 4 heteroatoms. The molecule has 0 aliphatic carbocycles. The number of methoxy groups -OCH3 is 1. The van der Waals surface area contributed by atoms with Gasteiger partial charge in [-0.2, -0.15) is 4.89 Å². The van der Waals surface area contributed by atoms with E-state index in [0.29, 0.717) is 6.42 Å². The molecule has 2 atom stereocenters. The number of hydrogen-bond donors (Lipinski definition) is 1. The largest absolute Gasteiger partial charge is 0.396 e. The first-order valence-electron chi connectivity index (χ1n) is 7.78. The number of aliphatic hydroxyl groups is 1. The second-order valence-electron chi connectivity index (χ2n) is 6.03. The zero-order valence-corrected chi connectivity index (χ0v) is 13.4. The molecule has 1 N–H and O–H groups in total. The Morgan fingerprint density at radius 1 is 1.00 bits per heavy atom. The van der Waals surface area contributed by atoms with Crippen LogP contribution in [-0.2, 0) is 20.1 Å². The van der Waals surface area contributed by atoms with Crippen LogP contribution in [0.15, 0.2) is 60.7 Å². The first kappa shape index (κ1) is 16.1. The van der Waals surface area contributed by atoms with E-state index in [1.54, 1.807) is 14.0 Å². The second kappa shape index (κ2) is 6.42. The third-order valence-corrected chi connectivity index (χ3v) is 4.73. The number of ether oxygens (including phenoxy) is 1. The van der Waals surface area contributed by atoms with Gasteiger partial charge in [-0.15, -0.1) is 0 Å². The van der Waals surface area contributed by atoms with Crippen LogP contribution in [-0.4, -0.2) is 24.6 Å². The molecule has 1 saturated heterocycles. The summed E-state index contributed by atoms with van der Waals surface area (Å²) in [7, 11) is 1.56. The minimum absolute atomic E-state index is 0.0465. The number of hydrogen-bond acceptors (Lipinski definition) is 4. The molecule has 23 heavy (non-hydrogen) atoms. The summed E-state index contributed by atoms with van der Waals surface area (Å²) in [6.07, 6.45) is 0.557. The van der Waals surface area contributed by atoms with Crippen LogP contribution in [0.2, 0.25) is 0 Å². The Labute approximate surface area is 136 Å². The fraction of sp³-hybridized carbons (Fsp3) is 0.368. The van der Waals surface area contributed by atoms with Crippen LogP contribution in [0.1, 0.15) is 24.5 Å². The summed E-state index contributed by atoms with van der Waals surface area (Å²) in [5.74, 6) is -1.19. The number of rotatable bonds is 4. The molecule has 1 fully saturated rings. The van der Waals surface area contributed by atoms with Gasteiger partial charge in [0.25, 0.3) is 0 Å². The Morgan fingerprint density at radius 3 is 1.96 bits per heavy atom. The predicted octanol–water partition coefficient (Wildman–Crippen LogP) is 3.25. The van der Waals surface area contributed by atoms with Gasteiger partial charge in [0.2, 0.25) is 5.79 Å². The van der Waals surface area contributed by atoms with Crippen molar-refractivity contribution in [3.63, 3.8) is 0 Å². The van der Waals surface area contributed by atoms with Crippen molar-refractivity contribution in [1.29, 1.82) is 0 Å². The molecule has 2 aromatic rings. The van der Waals surface area contributed by atoms with Crippen molar-refractivity contribution in [3.8, 4) is 0 Å². The third-order valence-electron chi connectivity index (χ3n) is 4.73. The lowest BCUT2D eigenvalue weighted by Gasteiger charge is -2.47. The van der Waals surface area contributed by atoms with Crippen LogP contribution < -0.4 is 0 Å². The monoisotopic (exact) mass is 314 g/mol. The summed E-state index contributed by atoms with van der Waals surface area (Å²) < 4.78 is 5.44. The van der Waals surface area contributed by atoms with Crippen molar-refractivity contribution in [1.82, 2.24) is 0 Å². The molecule has 122 valence electrons. The van der Waals surface area contributed by atoms with Crippen molar-refractivity contribution in [2.24, 2.45) is 5.92 Å². The van der Waals surface area contributed by atoms with Gasteiger partial charge in [-0.1, -0.05) is 60.7 Å². The van der Waals surface area contributed by atoms with Crippen molar-refractivity contribution in [3.05, 3.63) is 71.8 Å². The highest BCUT2D eigenvalue weighted by Gasteiger charge is 2.51. The standard InChI is InChI=1S/C19H22O4/c1-18(21-2)17(14-20)13-19(23-22-18,15-9-5-3-6-10-15)16-11-7-4-8-12-16/h3-12,17,20H,13-14H2,1-2H3. The van der Waals surface area contributed by atoms with Crippen molar-refractivity contribution in [2.45, 2.75) is 24.7 Å². The van der Waals surface area contributed by atoms with Crippen LogP contribution in [0.5, 0.6) is 0 Å². The minimum atomic E-state index is -0.970. The van der Waals surface area contributed by atoms with E-state index in [2.05, 4.69) is 0 Å². The molecule has 1 aliphatic heterocycles. The highest BCUT2D eigenvalue weighted by Crippen LogP contribution is 2.47. The highest BCUT2D eigenvalue weighted by atomic mass is 17.2. The third kappa shape index (κ3) is 2.79. The highest BCUT2D eigenvalue weighted by molar-refractivity contribution is 5.36. The molecule has 2 aromatic carbocycles. The lowest BCUT2D eigenvalue weighted by molar-refractivity contribution is -0.498. The van der Waals surface area contributed by atoms with Gasteiger partial charge in [-0.05, 0) is 24.5 Å². The fourth-order valence-corrected chi connectivity index (χ4v) is 3.13. The smallest absolute Gasteiger partial charge is 0.203 e. The quantitative estimate of drug-likeness (QED) is 0.880. The maximum atomic E-state index is 9.87. The second-order valence-corrected chi connectivity index (χ2v) is 6.03. The van der Waals surface area contributed by atoms with Crippen LogP contribution in [0, 0.1) is 5.92 Å². The van der Waals surface area contributed by atoms with Crippen LogP contribution >= 0.6 is 0 Å². The fourth-order valence-electron chi connectivity index (χ4n) is 3.13. The maximum Gasteiger partial charge on any atom is 0.203 e. The summed E-state index contributed by atoms with van der Waals surface area (Å²) in [6, 6.07) is 19.9. The summed E-state index contributed by atoms with van der Waals surface area (Å²) in [6.45, 7) is 1.74. The average Bonchev–Trinajstić information content (AvgIpc) is 2.64. The summed E-state index contributed by atoms with van der Waals surface area (Å²) in [5.41, 5.74) is 1.21. The number of benzene rings is 2. The van der Waals surface area contributed by atoms with Gasteiger partial charge < -0.3 is 9.84 Å². The van der Waals surface area contributed by atoms with E-state index in [0.717, 1.165) is 11.1 Å². The lowest BCUT2D eigenvalue weighted by Crippen LogP contribution is -2.52. The minimum Gasteiger partial charge on any atom is -0.396 e. The van der Waals surface area contributed by atoms with E-state index in [9.17, 15) is 5.11 Å². The van der Waals surface area contributed by atoms with E-state index in [4.69, 9.17) is 14.5 Å². The van der Waals surface area contributed by atoms with E-state index < -0.39 is 11.4 Å². The van der Waals surface area contributed by atoms with Crippen molar-refractivity contribution in [2.75, 3.05) is 13.7 Å². The Balaban J connectivity index is 2.08. The molecule has 0 radical (unpaired) electrons.